The monoisotopic (exact) mass is 258 g/mol. The SMILES string of the molecule is CC(SCC(=O)NC(C)(C#N)C(C)C)C(=O)O. The molecule has 0 saturated heterocycles. The second-order valence-electron chi connectivity index (χ2n) is 4.31. The lowest BCUT2D eigenvalue weighted by Gasteiger charge is -2.27. The van der Waals surface area contributed by atoms with E-state index in [-0.39, 0.29) is 17.6 Å². The lowest BCUT2D eigenvalue weighted by molar-refractivity contribution is -0.136. The Morgan fingerprint density at radius 1 is 1.47 bits per heavy atom. The average Bonchev–Trinajstić information content (AvgIpc) is 2.25. The number of carbonyl (C=O) groups excluding carboxylic acids is 1. The van der Waals surface area contributed by atoms with Crippen molar-refractivity contribution >= 4 is 23.6 Å². The van der Waals surface area contributed by atoms with Crippen LogP contribution in [-0.4, -0.2) is 33.5 Å². The molecule has 17 heavy (non-hydrogen) atoms. The maximum atomic E-state index is 11.6. The van der Waals surface area contributed by atoms with Crippen molar-refractivity contribution in [2.75, 3.05) is 5.75 Å². The third kappa shape index (κ3) is 5.09. The van der Waals surface area contributed by atoms with Crippen LogP contribution in [0.1, 0.15) is 27.7 Å². The molecule has 0 aliphatic rings. The summed E-state index contributed by atoms with van der Waals surface area (Å²) in [5, 5.41) is 19.7. The summed E-state index contributed by atoms with van der Waals surface area (Å²) >= 11 is 1.03. The topological polar surface area (TPSA) is 90.2 Å². The Morgan fingerprint density at radius 2 is 2.00 bits per heavy atom. The van der Waals surface area contributed by atoms with Crippen molar-refractivity contribution in [2.24, 2.45) is 5.92 Å². The summed E-state index contributed by atoms with van der Waals surface area (Å²) in [5.41, 5.74) is -0.913. The number of nitrogens with zero attached hydrogens (tertiary/aromatic N) is 1. The normalized spacial score (nSPS) is 15.8. The van der Waals surface area contributed by atoms with Gasteiger partial charge in [-0.2, -0.15) is 5.26 Å². The molecule has 2 unspecified atom stereocenters. The molecule has 2 N–H and O–H groups in total. The first-order valence-corrected chi connectivity index (χ1v) is 6.34. The summed E-state index contributed by atoms with van der Waals surface area (Å²) in [5.74, 6) is -1.24. The molecule has 0 saturated carbocycles. The van der Waals surface area contributed by atoms with Crippen molar-refractivity contribution in [1.29, 1.82) is 5.26 Å². The van der Waals surface area contributed by atoms with E-state index in [4.69, 9.17) is 10.4 Å². The molecule has 0 fully saturated rings. The first-order valence-electron chi connectivity index (χ1n) is 5.29. The first-order chi connectivity index (χ1) is 7.73. The molecule has 0 aromatic rings. The maximum Gasteiger partial charge on any atom is 0.316 e. The van der Waals surface area contributed by atoms with Gasteiger partial charge in [-0.1, -0.05) is 13.8 Å². The second kappa shape index (κ2) is 6.50. The zero-order valence-electron chi connectivity index (χ0n) is 10.5. The van der Waals surface area contributed by atoms with Gasteiger partial charge >= 0.3 is 5.97 Å². The zero-order chi connectivity index (χ0) is 13.6. The standard InChI is InChI=1S/C11H18N2O3S/c1-7(2)11(4,6-12)13-9(14)5-17-8(3)10(15)16/h7-8H,5H2,1-4H3,(H,13,14)(H,15,16). The lowest BCUT2D eigenvalue weighted by atomic mass is 9.90. The van der Waals surface area contributed by atoms with E-state index in [1.54, 1.807) is 6.92 Å². The average molecular weight is 258 g/mol. The summed E-state index contributed by atoms with van der Waals surface area (Å²) in [4.78, 5) is 22.1. The number of carboxylic acids is 1. The fourth-order valence-electron chi connectivity index (χ4n) is 0.899. The van der Waals surface area contributed by atoms with E-state index in [0.717, 1.165) is 11.8 Å². The van der Waals surface area contributed by atoms with E-state index >= 15 is 0 Å². The second-order valence-corrected chi connectivity index (χ2v) is 5.64. The van der Waals surface area contributed by atoms with E-state index in [2.05, 4.69) is 11.4 Å². The predicted molar refractivity (Wildman–Crippen MR) is 66.6 cm³/mol. The van der Waals surface area contributed by atoms with Crippen LogP contribution in [0, 0.1) is 17.2 Å². The fraction of sp³-hybridized carbons (Fsp3) is 0.727. The Bertz CT molecular complexity index is 338. The number of carbonyl (C=O) groups is 2. The molecule has 0 aliphatic heterocycles. The van der Waals surface area contributed by atoms with Gasteiger partial charge in [0, 0.05) is 0 Å². The van der Waals surface area contributed by atoms with Gasteiger partial charge in [0.15, 0.2) is 0 Å². The smallest absolute Gasteiger partial charge is 0.316 e. The van der Waals surface area contributed by atoms with Gasteiger partial charge in [0.25, 0.3) is 0 Å². The minimum Gasteiger partial charge on any atom is -0.480 e. The molecule has 0 aromatic carbocycles. The van der Waals surface area contributed by atoms with Crippen LogP contribution in [-0.2, 0) is 9.59 Å². The zero-order valence-corrected chi connectivity index (χ0v) is 11.3. The number of amides is 1. The highest BCUT2D eigenvalue weighted by molar-refractivity contribution is 8.01. The molecule has 0 radical (unpaired) electrons. The van der Waals surface area contributed by atoms with Gasteiger partial charge in [-0.15, -0.1) is 11.8 Å². The summed E-state index contributed by atoms with van der Waals surface area (Å²) in [6, 6.07) is 2.06. The van der Waals surface area contributed by atoms with Crippen molar-refractivity contribution in [3.63, 3.8) is 0 Å². The number of aliphatic carboxylic acids is 1. The van der Waals surface area contributed by atoms with Crippen molar-refractivity contribution in [1.82, 2.24) is 5.32 Å². The highest BCUT2D eigenvalue weighted by Crippen LogP contribution is 2.16. The minimum absolute atomic E-state index is 0.0154. The molecule has 0 rings (SSSR count). The third-order valence-electron chi connectivity index (χ3n) is 2.60. The van der Waals surface area contributed by atoms with Gasteiger partial charge in [-0.3, -0.25) is 9.59 Å². The summed E-state index contributed by atoms with van der Waals surface area (Å²) < 4.78 is 0. The lowest BCUT2D eigenvalue weighted by Crippen LogP contribution is -2.49. The first kappa shape index (κ1) is 15.8. The Hall–Kier alpha value is -1.22. The van der Waals surface area contributed by atoms with Gasteiger partial charge in [0.05, 0.1) is 17.1 Å². The summed E-state index contributed by atoms with van der Waals surface area (Å²) in [7, 11) is 0. The van der Waals surface area contributed by atoms with Crippen LogP contribution in [0.3, 0.4) is 0 Å². The van der Waals surface area contributed by atoms with Crippen LogP contribution < -0.4 is 5.32 Å². The van der Waals surface area contributed by atoms with E-state index in [1.807, 2.05) is 13.8 Å². The van der Waals surface area contributed by atoms with Crippen LogP contribution in [0.5, 0.6) is 0 Å². The molecule has 2 atom stereocenters. The van der Waals surface area contributed by atoms with Crippen LogP contribution in [0.15, 0.2) is 0 Å². The Kier molecular flexibility index (Phi) is 6.03. The van der Waals surface area contributed by atoms with Gasteiger partial charge in [-0.05, 0) is 19.8 Å². The number of hydrogen-bond donors (Lipinski definition) is 2. The summed E-state index contributed by atoms with van der Waals surface area (Å²) in [6.07, 6.45) is 0. The number of nitriles is 1. The molecule has 0 bridgehead atoms. The maximum absolute atomic E-state index is 11.6. The van der Waals surface area contributed by atoms with Gasteiger partial charge in [0.1, 0.15) is 5.54 Å². The molecular weight excluding hydrogens is 240 g/mol. The fourth-order valence-corrected chi connectivity index (χ4v) is 1.52. The number of thioether (sulfide) groups is 1. The Morgan fingerprint density at radius 3 is 2.35 bits per heavy atom. The van der Waals surface area contributed by atoms with E-state index in [0.29, 0.717) is 0 Å². The highest BCUT2D eigenvalue weighted by atomic mass is 32.2. The van der Waals surface area contributed by atoms with E-state index in [1.165, 1.54) is 6.92 Å². The van der Waals surface area contributed by atoms with E-state index < -0.39 is 16.8 Å². The molecule has 1 amide bonds. The molecule has 5 nitrogen and oxygen atoms in total. The van der Waals surface area contributed by atoms with Crippen molar-refractivity contribution in [2.45, 2.75) is 38.5 Å². The molecule has 0 heterocycles. The quantitative estimate of drug-likeness (QED) is 0.748. The molecule has 6 heteroatoms. The number of carboxylic acid groups (broad SMARTS) is 1. The van der Waals surface area contributed by atoms with Crippen LogP contribution in [0.2, 0.25) is 0 Å². The molecular formula is C11H18N2O3S. The molecule has 0 aromatic heterocycles. The van der Waals surface area contributed by atoms with Crippen molar-refractivity contribution in [3.8, 4) is 6.07 Å². The van der Waals surface area contributed by atoms with E-state index in [9.17, 15) is 9.59 Å². The molecule has 0 aliphatic carbocycles. The number of rotatable bonds is 6. The van der Waals surface area contributed by atoms with Crippen LogP contribution in [0.4, 0.5) is 0 Å². The number of nitrogens with one attached hydrogen (secondary N) is 1. The van der Waals surface area contributed by atoms with Gasteiger partial charge in [0.2, 0.25) is 5.91 Å². The van der Waals surface area contributed by atoms with Crippen LogP contribution >= 0.6 is 11.8 Å². The minimum atomic E-state index is -0.949. The third-order valence-corrected chi connectivity index (χ3v) is 3.73. The molecule has 0 spiro atoms. The van der Waals surface area contributed by atoms with Gasteiger partial charge in [-0.25, -0.2) is 0 Å². The Balaban J connectivity index is 4.28. The Labute approximate surface area is 106 Å². The van der Waals surface area contributed by atoms with Crippen molar-refractivity contribution < 1.29 is 14.7 Å². The highest BCUT2D eigenvalue weighted by Gasteiger charge is 2.30. The van der Waals surface area contributed by atoms with Gasteiger partial charge < -0.3 is 10.4 Å². The van der Waals surface area contributed by atoms with Crippen molar-refractivity contribution in [3.05, 3.63) is 0 Å². The largest absolute Gasteiger partial charge is 0.480 e. The number of hydrogen-bond acceptors (Lipinski definition) is 4. The van der Waals surface area contributed by atoms with Crippen LogP contribution in [0.25, 0.3) is 0 Å². The predicted octanol–water partition coefficient (Wildman–Crippen LogP) is 1.25. The summed E-state index contributed by atoms with van der Waals surface area (Å²) in [6.45, 7) is 6.86. The molecule has 96 valence electrons.